The lowest BCUT2D eigenvalue weighted by Crippen LogP contribution is -2.33. The fraction of sp³-hybridized carbons (Fsp3) is 0.667. The number of likely N-dealkylation sites (tertiary alicyclic amines) is 1. The number of amides is 1. The Morgan fingerprint density at radius 2 is 2.00 bits per heavy atom. The van der Waals surface area contributed by atoms with Crippen LogP contribution in [0.2, 0.25) is 0 Å². The summed E-state index contributed by atoms with van der Waals surface area (Å²) in [6, 6.07) is 0. The van der Waals surface area contributed by atoms with Crippen molar-refractivity contribution in [1.29, 1.82) is 0 Å². The second-order valence-corrected chi connectivity index (χ2v) is 10.1. The smallest absolute Gasteiger partial charge is 0.263 e. The van der Waals surface area contributed by atoms with Gasteiger partial charge >= 0.3 is 0 Å². The Morgan fingerprint density at radius 3 is 2.71 bits per heavy atom. The molecule has 1 fully saturated rings. The van der Waals surface area contributed by atoms with E-state index in [1.165, 1.54) is 35.0 Å². The zero-order chi connectivity index (χ0) is 19.7. The van der Waals surface area contributed by atoms with Gasteiger partial charge in [-0.05, 0) is 50.5 Å². The van der Waals surface area contributed by atoms with Gasteiger partial charge in [-0.2, -0.15) is 0 Å². The fourth-order valence-corrected chi connectivity index (χ4v) is 6.72. The number of aromatic nitrogens is 2. The van der Waals surface area contributed by atoms with Gasteiger partial charge < -0.3 is 4.90 Å². The lowest BCUT2D eigenvalue weighted by atomic mass is 9.89. The molecular formula is C21H29N3O2S2. The summed E-state index contributed by atoms with van der Waals surface area (Å²) in [6.45, 7) is 6.57. The molecule has 0 N–H and O–H groups in total. The maximum atomic E-state index is 13.2. The molecule has 3 heterocycles. The first kappa shape index (κ1) is 20.0. The van der Waals surface area contributed by atoms with Crippen molar-refractivity contribution in [2.45, 2.75) is 70.5 Å². The van der Waals surface area contributed by atoms with Crippen molar-refractivity contribution < 1.29 is 4.79 Å². The molecule has 1 saturated heterocycles. The first-order chi connectivity index (χ1) is 13.6. The van der Waals surface area contributed by atoms with Gasteiger partial charge in [-0.1, -0.05) is 31.5 Å². The van der Waals surface area contributed by atoms with E-state index >= 15 is 0 Å². The van der Waals surface area contributed by atoms with Crippen molar-refractivity contribution in [2.75, 3.05) is 18.8 Å². The van der Waals surface area contributed by atoms with Crippen molar-refractivity contribution in [2.24, 2.45) is 5.92 Å². The number of hydrogen-bond donors (Lipinski definition) is 0. The monoisotopic (exact) mass is 419 g/mol. The first-order valence-electron chi connectivity index (χ1n) is 10.5. The number of hydrogen-bond acceptors (Lipinski definition) is 5. The van der Waals surface area contributed by atoms with E-state index in [9.17, 15) is 9.59 Å². The Balaban J connectivity index is 1.60. The molecule has 152 valence electrons. The minimum Gasteiger partial charge on any atom is -0.342 e. The molecule has 5 nitrogen and oxygen atoms in total. The van der Waals surface area contributed by atoms with Crippen molar-refractivity contribution >= 4 is 39.2 Å². The summed E-state index contributed by atoms with van der Waals surface area (Å²) in [6.07, 6.45) is 7.80. The maximum Gasteiger partial charge on any atom is 0.263 e. The molecule has 0 aromatic carbocycles. The van der Waals surface area contributed by atoms with E-state index in [4.69, 9.17) is 4.98 Å². The van der Waals surface area contributed by atoms with Crippen LogP contribution in [0.1, 0.15) is 56.4 Å². The lowest BCUT2D eigenvalue weighted by molar-refractivity contribution is -0.128. The highest BCUT2D eigenvalue weighted by molar-refractivity contribution is 7.99. The molecule has 7 heteroatoms. The third-order valence-electron chi connectivity index (χ3n) is 5.98. The Hall–Kier alpha value is -1.34. The van der Waals surface area contributed by atoms with Crippen LogP contribution in [0.5, 0.6) is 0 Å². The molecule has 0 saturated carbocycles. The van der Waals surface area contributed by atoms with E-state index < -0.39 is 0 Å². The van der Waals surface area contributed by atoms with Crippen LogP contribution in [0.15, 0.2) is 9.95 Å². The predicted molar refractivity (Wildman–Crippen MR) is 117 cm³/mol. The molecule has 4 rings (SSSR count). The van der Waals surface area contributed by atoms with Crippen molar-refractivity contribution in [3.63, 3.8) is 0 Å². The third kappa shape index (κ3) is 3.88. The molecular weight excluding hydrogens is 390 g/mol. The van der Waals surface area contributed by atoms with Gasteiger partial charge in [0.15, 0.2) is 5.16 Å². The minimum absolute atomic E-state index is 0.0734. The van der Waals surface area contributed by atoms with Crippen LogP contribution >= 0.6 is 23.1 Å². The predicted octanol–water partition coefficient (Wildman–Crippen LogP) is 4.10. The normalized spacial score (nSPS) is 20.2. The van der Waals surface area contributed by atoms with Crippen LogP contribution in [0.4, 0.5) is 0 Å². The molecule has 2 aromatic heterocycles. The summed E-state index contributed by atoms with van der Waals surface area (Å²) < 4.78 is 1.76. The van der Waals surface area contributed by atoms with Crippen LogP contribution in [0.3, 0.4) is 0 Å². The van der Waals surface area contributed by atoms with Crippen molar-refractivity contribution in [3.8, 4) is 0 Å². The van der Waals surface area contributed by atoms with Gasteiger partial charge in [0, 0.05) is 24.5 Å². The van der Waals surface area contributed by atoms with Crippen LogP contribution in [0.25, 0.3) is 10.2 Å². The lowest BCUT2D eigenvalue weighted by Gasteiger charge is -2.20. The molecule has 1 atom stereocenters. The van der Waals surface area contributed by atoms with Gasteiger partial charge in [-0.25, -0.2) is 4.98 Å². The Morgan fingerprint density at radius 1 is 1.25 bits per heavy atom. The Labute approximate surface area is 174 Å². The van der Waals surface area contributed by atoms with E-state index in [-0.39, 0.29) is 11.5 Å². The number of fused-ring (bicyclic) bond motifs is 3. The number of aryl methyl sites for hydroxylation is 1. The number of thiophene rings is 1. The fourth-order valence-electron chi connectivity index (χ4n) is 4.33. The largest absolute Gasteiger partial charge is 0.342 e. The number of carbonyl (C=O) groups is 1. The van der Waals surface area contributed by atoms with Gasteiger partial charge in [-0.15, -0.1) is 11.3 Å². The summed E-state index contributed by atoms with van der Waals surface area (Å²) in [7, 11) is 0. The van der Waals surface area contributed by atoms with Crippen LogP contribution < -0.4 is 5.56 Å². The van der Waals surface area contributed by atoms with Crippen LogP contribution in [-0.4, -0.2) is 39.2 Å². The quantitative estimate of drug-likeness (QED) is 0.553. The number of carbonyl (C=O) groups excluding carboxylic acids is 1. The highest BCUT2D eigenvalue weighted by Crippen LogP contribution is 2.36. The van der Waals surface area contributed by atoms with E-state index in [0.717, 1.165) is 55.4 Å². The van der Waals surface area contributed by atoms with Gasteiger partial charge in [0.1, 0.15) is 4.83 Å². The molecule has 0 bridgehead atoms. The van der Waals surface area contributed by atoms with E-state index in [2.05, 4.69) is 6.92 Å². The van der Waals surface area contributed by atoms with E-state index in [0.29, 0.717) is 23.4 Å². The molecule has 2 aromatic rings. The third-order valence-corrected chi connectivity index (χ3v) is 8.09. The Kier molecular flexibility index (Phi) is 6.11. The number of rotatable bonds is 4. The van der Waals surface area contributed by atoms with E-state index in [1.54, 1.807) is 15.9 Å². The average Bonchev–Trinajstić information content (AvgIpc) is 2.85. The minimum atomic E-state index is 0.0734. The molecule has 28 heavy (non-hydrogen) atoms. The second kappa shape index (κ2) is 8.57. The highest BCUT2D eigenvalue weighted by Gasteiger charge is 2.25. The number of thioether (sulfide) groups is 1. The summed E-state index contributed by atoms with van der Waals surface area (Å²) in [5.41, 5.74) is 1.30. The molecule has 1 aliphatic carbocycles. The SMILES string of the molecule is CCn1c(SCC(=O)N2CCCCCC2)nc2sc3c(c2c1=O)CCC(C)C3. The van der Waals surface area contributed by atoms with Crippen LogP contribution in [-0.2, 0) is 24.2 Å². The highest BCUT2D eigenvalue weighted by atomic mass is 32.2. The summed E-state index contributed by atoms with van der Waals surface area (Å²) >= 11 is 3.11. The summed E-state index contributed by atoms with van der Waals surface area (Å²) in [5.74, 6) is 1.21. The molecule has 1 amide bonds. The molecule has 0 spiro atoms. The average molecular weight is 420 g/mol. The standard InChI is InChI=1S/C21H29N3O2S2/c1-3-24-20(26)18-15-9-8-14(2)12-16(15)28-19(18)22-21(24)27-13-17(25)23-10-6-4-5-7-11-23/h14H,3-13H2,1-2H3. The van der Waals surface area contributed by atoms with Gasteiger partial charge in [0.25, 0.3) is 5.56 Å². The van der Waals surface area contributed by atoms with Gasteiger partial charge in [-0.3, -0.25) is 14.2 Å². The Bertz CT molecular complexity index is 926. The zero-order valence-electron chi connectivity index (χ0n) is 16.8. The van der Waals surface area contributed by atoms with Gasteiger partial charge in [0.05, 0.1) is 11.1 Å². The summed E-state index contributed by atoms with van der Waals surface area (Å²) in [4.78, 5) is 34.9. The molecule has 1 aliphatic heterocycles. The topological polar surface area (TPSA) is 55.2 Å². The van der Waals surface area contributed by atoms with Crippen molar-refractivity contribution in [1.82, 2.24) is 14.5 Å². The molecule has 2 aliphatic rings. The van der Waals surface area contributed by atoms with Crippen LogP contribution in [0, 0.1) is 5.92 Å². The molecule has 1 unspecified atom stereocenters. The van der Waals surface area contributed by atoms with Gasteiger partial charge in [0.2, 0.25) is 5.91 Å². The summed E-state index contributed by atoms with van der Waals surface area (Å²) in [5, 5.41) is 1.52. The molecule has 0 radical (unpaired) electrons. The second-order valence-electron chi connectivity index (χ2n) is 8.06. The maximum absolute atomic E-state index is 13.2. The van der Waals surface area contributed by atoms with Crippen molar-refractivity contribution in [3.05, 3.63) is 20.8 Å². The number of nitrogens with zero attached hydrogens (tertiary/aromatic N) is 3. The van der Waals surface area contributed by atoms with E-state index in [1.807, 2.05) is 11.8 Å². The zero-order valence-corrected chi connectivity index (χ0v) is 18.5. The first-order valence-corrected chi connectivity index (χ1v) is 12.3.